The van der Waals surface area contributed by atoms with Crippen LogP contribution >= 0.6 is 0 Å². The summed E-state index contributed by atoms with van der Waals surface area (Å²) in [5.41, 5.74) is 0.0133. The maximum Gasteiger partial charge on any atom is 0.307 e. The Bertz CT molecular complexity index is 1810. The van der Waals surface area contributed by atoms with Crippen molar-refractivity contribution < 1.29 is 28.5 Å². The van der Waals surface area contributed by atoms with Crippen molar-refractivity contribution in [3.05, 3.63) is 42.3 Å². The quantitative estimate of drug-likeness (QED) is 0.247. The summed E-state index contributed by atoms with van der Waals surface area (Å²) in [7, 11) is 2.02. The van der Waals surface area contributed by atoms with Gasteiger partial charge in [-0.2, -0.15) is 5.10 Å². The number of aromatic nitrogens is 4. The van der Waals surface area contributed by atoms with E-state index in [0.29, 0.717) is 56.3 Å². The van der Waals surface area contributed by atoms with Gasteiger partial charge in [-0.05, 0) is 104 Å². The van der Waals surface area contributed by atoms with E-state index in [1.165, 1.54) is 18.1 Å². The van der Waals surface area contributed by atoms with Gasteiger partial charge in [0.1, 0.15) is 6.33 Å². The van der Waals surface area contributed by atoms with Crippen LogP contribution in [-0.2, 0) is 19.0 Å². The molecule has 2 aromatic rings. The Kier molecular flexibility index (Phi) is 9.74. The second kappa shape index (κ2) is 13.7. The standard InChI is InChI=1S/C44H64FN5O5/c1-27(2)28(3)39(4)14-15-41(6)30-9-10-34-40(5)23-54-25-44(34,31(30)11-13-42(41,7)35(39)38(51)52)21-33(36(40)55-24-43(46-8)16-19-53-20-17-43)50-37(48-26-49-50)29-12-18-47-22-32(29)45/h11-12,18,22,26-28,30,33-36,46H,9-10,13-17,19-21,23-25H2,1-8H3,(H,51,52)/t28-,30+,33-,34+,35-,36+,39-,40-,41-,42+,44+/m1/s1. The lowest BCUT2D eigenvalue weighted by Crippen LogP contribution is -2.69. The zero-order valence-corrected chi connectivity index (χ0v) is 34.4. The lowest BCUT2D eigenvalue weighted by Gasteiger charge is -2.71. The molecule has 2 bridgehead atoms. The first-order chi connectivity index (χ1) is 26.1. The SMILES string of the molecule is CNC1(CO[C@H]2[C@H](n3ncnc3-c3ccncc3F)C[C@@]34COC[C@]2(C)[C@@H]3CC[C@H]2C4=CC[C@@]3(C)[C@H](C(=O)O)[C@@](C)([C@H](C)C(C)C)CC[C@]23C)CCOCC1. The number of carbonyl (C=O) groups is 1. The molecule has 2 saturated heterocycles. The third-order valence-corrected chi connectivity index (χ3v) is 17.5. The molecule has 3 saturated carbocycles. The Hall–Kier alpha value is -2.73. The summed E-state index contributed by atoms with van der Waals surface area (Å²) in [5, 5.41) is 19.6. The van der Waals surface area contributed by atoms with Gasteiger partial charge < -0.3 is 24.6 Å². The van der Waals surface area contributed by atoms with Gasteiger partial charge in [0, 0.05) is 35.8 Å². The first-order valence-electron chi connectivity index (χ1n) is 21.0. The third-order valence-electron chi connectivity index (χ3n) is 17.5. The molecule has 4 aliphatic carbocycles. The molecule has 4 heterocycles. The first kappa shape index (κ1) is 39.1. The van der Waals surface area contributed by atoms with E-state index in [2.05, 4.69) is 69.8 Å². The van der Waals surface area contributed by atoms with Crippen LogP contribution in [0, 0.1) is 62.5 Å². The van der Waals surface area contributed by atoms with E-state index >= 15 is 4.39 Å². The third kappa shape index (κ3) is 5.59. The van der Waals surface area contributed by atoms with Gasteiger partial charge in [0.2, 0.25) is 0 Å². The Morgan fingerprint density at radius 1 is 1.07 bits per heavy atom. The van der Waals surface area contributed by atoms with E-state index < -0.39 is 23.1 Å². The average molecular weight is 762 g/mol. The average Bonchev–Trinajstić information content (AvgIpc) is 3.64. The van der Waals surface area contributed by atoms with Crippen molar-refractivity contribution in [2.75, 3.05) is 40.1 Å². The van der Waals surface area contributed by atoms with E-state index in [-0.39, 0.29) is 51.2 Å². The topological polar surface area (TPSA) is 121 Å². The second-order valence-electron chi connectivity index (χ2n) is 19.9. The van der Waals surface area contributed by atoms with E-state index in [9.17, 15) is 9.90 Å². The molecule has 0 amide bonds. The number of carboxylic acid groups (broad SMARTS) is 1. The first-order valence-corrected chi connectivity index (χ1v) is 21.0. The van der Waals surface area contributed by atoms with Crippen molar-refractivity contribution in [2.24, 2.45) is 56.7 Å². The molecule has 0 radical (unpaired) electrons. The normalized spacial score (nSPS) is 41.4. The van der Waals surface area contributed by atoms with Crippen molar-refractivity contribution >= 4 is 5.97 Å². The van der Waals surface area contributed by atoms with Gasteiger partial charge >= 0.3 is 5.97 Å². The van der Waals surface area contributed by atoms with E-state index in [1.807, 2.05) is 11.7 Å². The largest absolute Gasteiger partial charge is 0.481 e. The highest BCUT2D eigenvalue weighted by molar-refractivity contribution is 5.73. The fourth-order valence-corrected chi connectivity index (χ4v) is 13.8. The number of hydrogen-bond donors (Lipinski definition) is 2. The van der Waals surface area contributed by atoms with Crippen LogP contribution in [0.4, 0.5) is 4.39 Å². The van der Waals surface area contributed by atoms with Crippen LogP contribution in [-0.4, -0.2) is 82.5 Å². The molecule has 302 valence electrons. The van der Waals surface area contributed by atoms with Gasteiger partial charge in [0.05, 0.1) is 49.6 Å². The van der Waals surface area contributed by atoms with Gasteiger partial charge in [-0.3, -0.25) is 9.78 Å². The van der Waals surface area contributed by atoms with Crippen molar-refractivity contribution in [3.63, 3.8) is 0 Å². The molecular weight excluding hydrogens is 698 g/mol. The number of hydrogen-bond acceptors (Lipinski definition) is 8. The molecule has 10 nitrogen and oxygen atoms in total. The van der Waals surface area contributed by atoms with Crippen LogP contribution in [0.2, 0.25) is 0 Å². The van der Waals surface area contributed by atoms with E-state index in [0.717, 1.165) is 51.4 Å². The summed E-state index contributed by atoms with van der Waals surface area (Å²) in [5.74, 6) is 0.142. The predicted octanol–water partition coefficient (Wildman–Crippen LogP) is 7.76. The highest BCUT2D eigenvalue weighted by atomic mass is 19.1. The number of likely N-dealkylation sites (N-methyl/N-ethyl adjacent to an activating group) is 1. The molecular formula is C44H64FN5O5. The molecule has 55 heavy (non-hydrogen) atoms. The number of ether oxygens (including phenoxy) is 3. The number of pyridine rings is 1. The minimum Gasteiger partial charge on any atom is -0.481 e. The van der Waals surface area contributed by atoms with Crippen molar-refractivity contribution in [1.82, 2.24) is 25.1 Å². The van der Waals surface area contributed by atoms with Crippen molar-refractivity contribution in [3.8, 4) is 11.4 Å². The smallest absolute Gasteiger partial charge is 0.307 e. The number of allylic oxidation sites excluding steroid dienone is 1. The molecule has 2 N–H and O–H groups in total. The lowest BCUT2D eigenvalue weighted by molar-refractivity contribution is -0.253. The fraction of sp³-hybridized carbons (Fsp3) is 0.773. The van der Waals surface area contributed by atoms with Gasteiger partial charge in [-0.15, -0.1) is 0 Å². The van der Waals surface area contributed by atoms with E-state index in [4.69, 9.17) is 19.3 Å². The highest BCUT2D eigenvalue weighted by Gasteiger charge is 2.72. The predicted molar refractivity (Wildman–Crippen MR) is 207 cm³/mol. The van der Waals surface area contributed by atoms with Crippen molar-refractivity contribution in [1.29, 1.82) is 0 Å². The van der Waals surface area contributed by atoms with Crippen LogP contribution in [0.25, 0.3) is 11.4 Å². The summed E-state index contributed by atoms with van der Waals surface area (Å²) in [6.45, 7) is 19.2. The number of halogens is 1. The fourth-order valence-electron chi connectivity index (χ4n) is 13.8. The monoisotopic (exact) mass is 761 g/mol. The number of nitrogens with zero attached hydrogens (tertiary/aromatic N) is 4. The zero-order chi connectivity index (χ0) is 39.2. The molecule has 0 spiro atoms. The maximum atomic E-state index is 15.5. The maximum absolute atomic E-state index is 15.5. The van der Waals surface area contributed by atoms with Crippen LogP contribution in [0.3, 0.4) is 0 Å². The Morgan fingerprint density at radius 3 is 2.53 bits per heavy atom. The summed E-state index contributed by atoms with van der Waals surface area (Å²) >= 11 is 0. The second-order valence-corrected chi connectivity index (χ2v) is 19.9. The molecule has 5 fully saturated rings. The minimum absolute atomic E-state index is 0.201. The molecule has 2 aliphatic heterocycles. The molecule has 11 heteroatoms. The van der Waals surface area contributed by atoms with Crippen LogP contribution in [0.1, 0.15) is 106 Å². The minimum atomic E-state index is -0.649. The van der Waals surface area contributed by atoms with E-state index in [1.54, 1.807) is 12.3 Å². The highest BCUT2D eigenvalue weighted by Crippen LogP contribution is 2.75. The zero-order valence-electron chi connectivity index (χ0n) is 34.4. The van der Waals surface area contributed by atoms with Crippen molar-refractivity contribution in [2.45, 2.75) is 118 Å². The molecule has 6 aliphatic rings. The summed E-state index contributed by atoms with van der Waals surface area (Å²) in [6.07, 6.45) is 13.7. The Morgan fingerprint density at radius 2 is 1.84 bits per heavy atom. The molecule has 0 aromatic carbocycles. The van der Waals surface area contributed by atoms with Gasteiger partial charge in [-0.1, -0.05) is 60.1 Å². The number of rotatable bonds is 9. The van der Waals surface area contributed by atoms with Gasteiger partial charge in [0.25, 0.3) is 0 Å². The Balaban J connectivity index is 1.24. The number of carboxylic acids is 1. The molecule has 2 aromatic heterocycles. The molecule has 8 rings (SSSR count). The van der Waals surface area contributed by atoms with Gasteiger partial charge in [0.15, 0.2) is 11.6 Å². The Labute approximate surface area is 326 Å². The number of nitrogens with one attached hydrogen (secondary N) is 1. The van der Waals surface area contributed by atoms with Gasteiger partial charge in [-0.25, -0.2) is 14.1 Å². The van der Waals surface area contributed by atoms with Crippen LogP contribution in [0.5, 0.6) is 0 Å². The number of fused-ring (bicyclic) bond motifs is 3. The lowest BCUT2D eigenvalue weighted by atomic mass is 9.34. The van der Waals surface area contributed by atoms with Crippen LogP contribution < -0.4 is 5.32 Å². The molecule has 0 unspecified atom stereocenters. The summed E-state index contributed by atoms with van der Waals surface area (Å²) in [4.78, 5) is 22.3. The summed E-state index contributed by atoms with van der Waals surface area (Å²) < 4.78 is 37.3. The van der Waals surface area contributed by atoms with Crippen LogP contribution in [0.15, 0.2) is 36.4 Å². The number of aliphatic carboxylic acids is 1. The summed E-state index contributed by atoms with van der Waals surface area (Å²) in [6, 6.07) is 1.43. The molecule has 11 atom stereocenters.